The maximum absolute atomic E-state index is 13.1. The Balaban J connectivity index is 2.00. The van der Waals surface area contributed by atoms with Gasteiger partial charge in [0.1, 0.15) is 17.0 Å². The Kier molecular flexibility index (Phi) is 5.63. The van der Waals surface area contributed by atoms with Crippen LogP contribution in [0.3, 0.4) is 0 Å². The zero-order valence-corrected chi connectivity index (χ0v) is 19.6. The van der Waals surface area contributed by atoms with Crippen LogP contribution in [0.4, 0.5) is 15.9 Å². The van der Waals surface area contributed by atoms with Gasteiger partial charge in [0.25, 0.3) is 5.91 Å². The average molecular weight is 429 g/mol. The number of nitrogens with one attached hydrogen (secondary N) is 3. The van der Waals surface area contributed by atoms with E-state index in [9.17, 15) is 9.18 Å². The molecule has 1 amide bonds. The maximum atomic E-state index is 13.1. The van der Waals surface area contributed by atoms with Crippen molar-refractivity contribution in [3.63, 3.8) is 0 Å². The summed E-state index contributed by atoms with van der Waals surface area (Å²) in [6.45, 7) is 17.3. The lowest BCUT2D eigenvalue weighted by Crippen LogP contribution is -2.36. The normalized spacial score (nSPS) is 12.9. The molecule has 3 heterocycles. The Morgan fingerprint density at radius 3 is 2.32 bits per heavy atom. The largest absolute Gasteiger partial charge is 0.364 e. The number of anilines is 2. The quantitative estimate of drug-likeness (QED) is 0.477. The van der Waals surface area contributed by atoms with E-state index in [1.807, 2.05) is 0 Å². The highest BCUT2D eigenvalue weighted by Crippen LogP contribution is 2.35. The average Bonchev–Trinajstić information content (AvgIpc) is 3.14. The number of fused-ring (bicyclic) bond motifs is 1. The van der Waals surface area contributed by atoms with Crippen LogP contribution in [0.15, 0.2) is 24.5 Å². The van der Waals surface area contributed by atoms with Gasteiger partial charge in [-0.1, -0.05) is 41.5 Å². The minimum atomic E-state index is -0.598. The molecule has 0 spiro atoms. The van der Waals surface area contributed by atoms with Crippen molar-refractivity contribution in [1.82, 2.24) is 19.6 Å². The number of H-pyrrole nitrogens is 1. The minimum absolute atomic E-state index is 0.145. The second-order valence-electron chi connectivity index (χ2n) is 11.0. The van der Waals surface area contributed by atoms with Crippen molar-refractivity contribution in [3.05, 3.63) is 41.7 Å². The van der Waals surface area contributed by atoms with Gasteiger partial charge in [0.2, 0.25) is 5.95 Å². The Bertz CT molecular complexity index is 1080. The standard InChI is InChI=1S/C23H33FN6O/c1-21(2,3)13-23(7,8)29-19-17(22(4,5)6)28-18-15(12-26-30(18)19)20(31)27-14-9-10-16(24)25-11-14/h9-12,28-29H,13H2,1-8H3,(H,27,31). The SMILES string of the molecule is CC(C)(C)CC(C)(C)Nc1c(C(C)(C)C)[nH]c2c(C(=O)Nc3ccc(F)nc3)cnn12. The number of amides is 1. The van der Waals surface area contributed by atoms with E-state index in [4.69, 9.17) is 0 Å². The van der Waals surface area contributed by atoms with E-state index in [1.54, 1.807) is 4.52 Å². The molecule has 0 aliphatic rings. The highest BCUT2D eigenvalue weighted by Gasteiger charge is 2.32. The molecule has 0 atom stereocenters. The lowest BCUT2D eigenvalue weighted by atomic mass is 9.81. The fourth-order valence-electron chi connectivity index (χ4n) is 4.08. The first-order valence-electron chi connectivity index (χ1n) is 10.5. The monoisotopic (exact) mass is 428 g/mol. The number of imidazole rings is 1. The van der Waals surface area contributed by atoms with E-state index in [0.717, 1.165) is 17.9 Å². The van der Waals surface area contributed by atoms with E-state index < -0.39 is 5.95 Å². The summed E-state index contributed by atoms with van der Waals surface area (Å²) in [5.74, 6) is -0.0939. The number of halogens is 1. The number of carbonyl (C=O) groups excluding carboxylic acids is 1. The predicted octanol–water partition coefficient (Wildman–Crippen LogP) is 5.37. The number of nitrogens with zero attached hydrogens (tertiary/aromatic N) is 3. The zero-order chi connectivity index (χ0) is 23.2. The topological polar surface area (TPSA) is 87.1 Å². The highest BCUT2D eigenvalue weighted by molar-refractivity contribution is 6.08. The summed E-state index contributed by atoms with van der Waals surface area (Å²) >= 11 is 0. The van der Waals surface area contributed by atoms with Crippen molar-refractivity contribution in [2.45, 2.75) is 72.8 Å². The molecule has 0 saturated carbocycles. The molecular formula is C23H33FN6O. The van der Waals surface area contributed by atoms with Gasteiger partial charge in [0, 0.05) is 11.0 Å². The second-order valence-corrected chi connectivity index (χ2v) is 11.0. The fraction of sp³-hybridized carbons (Fsp3) is 0.522. The van der Waals surface area contributed by atoms with Gasteiger partial charge in [-0.2, -0.15) is 14.0 Å². The van der Waals surface area contributed by atoms with Crippen molar-refractivity contribution < 1.29 is 9.18 Å². The molecule has 0 unspecified atom stereocenters. The summed E-state index contributed by atoms with van der Waals surface area (Å²) < 4.78 is 14.8. The first-order chi connectivity index (χ1) is 14.2. The van der Waals surface area contributed by atoms with E-state index >= 15 is 0 Å². The molecule has 3 rings (SSSR count). The third-order valence-corrected chi connectivity index (χ3v) is 4.87. The number of pyridine rings is 1. The van der Waals surface area contributed by atoms with Crippen LogP contribution in [0.1, 0.15) is 77.9 Å². The minimum Gasteiger partial charge on any atom is -0.364 e. The molecule has 168 valence electrons. The zero-order valence-electron chi connectivity index (χ0n) is 19.6. The van der Waals surface area contributed by atoms with Crippen molar-refractivity contribution in [1.29, 1.82) is 0 Å². The third-order valence-electron chi connectivity index (χ3n) is 4.87. The summed E-state index contributed by atoms with van der Waals surface area (Å²) in [6.07, 6.45) is 3.76. The molecule has 8 heteroatoms. The van der Waals surface area contributed by atoms with Gasteiger partial charge in [-0.3, -0.25) is 4.79 Å². The number of rotatable bonds is 5. The van der Waals surface area contributed by atoms with Gasteiger partial charge < -0.3 is 15.6 Å². The summed E-state index contributed by atoms with van der Waals surface area (Å²) in [5, 5.41) is 10.9. The fourth-order valence-corrected chi connectivity index (χ4v) is 4.08. The van der Waals surface area contributed by atoms with Gasteiger partial charge in [-0.25, -0.2) is 4.98 Å². The van der Waals surface area contributed by atoms with Gasteiger partial charge in [0.05, 0.1) is 23.8 Å². The molecule has 0 fully saturated rings. The molecule has 0 aliphatic carbocycles. The van der Waals surface area contributed by atoms with Crippen molar-refractivity contribution >= 4 is 23.1 Å². The number of carbonyl (C=O) groups is 1. The maximum Gasteiger partial charge on any atom is 0.261 e. The predicted molar refractivity (Wildman–Crippen MR) is 122 cm³/mol. The number of hydrogen-bond donors (Lipinski definition) is 3. The van der Waals surface area contributed by atoms with Crippen LogP contribution in [-0.2, 0) is 5.41 Å². The van der Waals surface area contributed by atoms with Crippen LogP contribution < -0.4 is 10.6 Å². The first-order valence-corrected chi connectivity index (χ1v) is 10.5. The van der Waals surface area contributed by atoms with Crippen LogP contribution in [-0.4, -0.2) is 31.0 Å². The molecule has 7 nitrogen and oxygen atoms in total. The molecule has 0 bridgehead atoms. The van der Waals surface area contributed by atoms with Crippen LogP contribution >= 0.6 is 0 Å². The van der Waals surface area contributed by atoms with Gasteiger partial charge >= 0.3 is 0 Å². The Hall–Kier alpha value is -2.90. The molecule has 0 radical (unpaired) electrons. The molecule has 0 aliphatic heterocycles. The smallest absolute Gasteiger partial charge is 0.261 e. The Labute approximate surface area is 182 Å². The van der Waals surface area contributed by atoms with Gasteiger partial charge in [0.15, 0.2) is 0 Å². The third kappa shape index (κ3) is 5.24. The summed E-state index contributed by atoms with van der Waals surface area (Å²) in [5.41, 5.74) is 2.14. The molecule has 0 saturated heterocycles. The van der Waals surface area contributed by atoms with Crippen LogP contribution in [0.25, 0.3) is 5.65 Å². The van der Waals surface area contributed by atoms with Gasteiger partial charge in [-0.05, 0) is 37.8 Å². The van der Waals surface area contributed by atoms with E-state index in [1.165, 1.54) is 24.5 Å². The van der Waals surface area contributed by atoms with Crippen molar-refractivity contribution in [2.24, 2.45) is 5.41 Å². The van der Waals surface area contributed by atoms with Crippen LogP contribution in [0.5, 0.6) is 0 Å². The van der Waals surface area contributed by atoms with E-state index in [-0.39, 0.29) is 22.3 Å². The first kappa shape index (κ1) is 22.8. The molecular weight excluding hydrogens is 395 g/mol. The van der Waals surface area contributed by atoms with Crippen molar-refractivity contribution in [3.8, 4) is 0 Å². The summed E-state index contributed by atoms with van der Waals surface area (Å²) in [7, 11) is 0. The molecule has 31 heavy (non-hydrogen) atoms. The van der Waals surface area contributed by atoms with E-state index in [0.29, 0.717) is 16.9 Å². The van der Waals surface area contributed by atoms with Crippen LogP contribution in [0, 0.1) is 11.4 Å². The number of hydrogen-bond acceptors (Lipinski definition) is 4. The molecule has 3 N–H and O–H groups in total. The lowest BCUT2D eigenvalue weighted by Gasteiger charge is -2.34. The molecule has 3 aromatic heterocycles. The number of aromatic nitrogens is 4. The Morgan fingerprint density at radius 2 is 1.77 bits per heavy atom. The highest BCUT2D eigenvalue weighted by atomic mass is 19.1. The second kappa shape index (κ2) is 7.66. The molecule has 3 aromatic rings. The summed E-state index contributed by atoms with van der Waals surface area (Å²) in [6, 6.07) is 2.67. The number of aromatic amines is 1. The molecule has 0 aromatic carbocycles. The Morgan fingerprint density at radius 1 is 1.10 bits per heavy atom. The van der Waals surface area contributed by atoms with E-state index in [2.05, 4.69) is 81.1 Å². The summed E-state index contributed by atoms with van der Waals surface area (Å²) in [4.78, 5) is 19.9. The van der Waals surface area contributed by atoms with Gasteiger partial charge in [-0.15, -0.1) is 0 Å². The van der Waals surface area contributed by atoms with Crippen LogP contribution in [0.2, 0.25) is 0 Å². The lowest BCUT2D eigenvalue weighted by molar-refractivity contribution is 0.102. The van der Waals surface area contributed by atoms with Crippen molar-refractivity contribution in [2.75, 3.05) is 10.6 Å².